The molecule has 7 heteroatoms. The van der Waals surface area contributed by atoms with Crippen molar-refractivity contribution >= 4 is 16.4 Å². The average Bonchev–Trinajstić information content (AvgIpc) is 2.44. The Morgan fingerprint density at radius 1 is 1.33 bits per heavy atom. The molecular weight excluding hydrogens is 296 g/mol. The first-order valence-electron chi connectivity index (χ1n) is 6.52. The van der Waals surface area contributed by atoms with E-state index in [4.69, 9.17) is 13.7 Å². The maximum absolute atomic E-state index is 12.0. The number of benzene rings is 1. The van der Waals surface area contributed by atoms with Gasteiger partial charge in [0.2, 0.25) is 0 Å². The molecule has 6 nitrogen and oxygen atoms in total. The Morgan fingerprint density at radius 2 is 2.05 bits per heavy atom. The van der Waals surface area contributed by atoms with Crippen molar-refractivity contribution in [2.45, 2.75) is 20.3 Å². The Balaban J connectivity index is 2.96. The first-order chi connectivity index (χ1) is 9.93. The molecule has 0 aliphatic rings. The highest BCUT2D eigenvalue weighted by atomic mass is 32.2. The van der Waals surface area contributed by atoms with E-state index in [1.54, 1.807) is 26.0 Å². The molecular formula is C14H20O6S. The summed E-state index contributed by atoms with van der Waals surface area (Å²) in [6, 6.07) is 4.93. The zero-order chi connectivity index (χ0) is 15.9. The molecule has 0 N–H and O–H groups in total. The number of ether oxygens (including phenoxy) is 2. The van der Waals surface area contributed by atoms with Crippen molar-refractivity contribution in [1.29, 1.82) is 0 Å². The monoisotopic (exact) mass is 316 g/mol. The summed E-state index contributed by atoms with van der Waals surface area (Å²) in [5.41, 5.74) is 0.724. The lowest BCUT2D eigenvalue weighted by atomic mass is 10.1. The zero-order valence-electron chi connectivity index (χ0n) is 12.4. The minimum Gasteiger partial charge on any atom is -0.463 e. The van der Waals surface area contributed by atoms with E-state index in [0.29, 0.717) is 18.5 Å². The third-order valence-electron chi connectivity index (χ3n) is 2.85. The maximum atomic E-state index is 12.0. The van der Waals surface area contributed by atoms with E-state index in [0.717, 1.165) is 5.56 Å². The SMILES string of the molecule is CC[C@@H](C=O)CS(=O)(=O)Oc1cccc(C)c1OCOC. The van der Waals surface area contributed by atoms with Crippen molar-refractivity contribution in [3.63, 3.8) is 0 Å². The van der Waals surface area contributed by atoms with Crippen LogP contribution in [0.4, 0.5) is 0 Å². The quantitative estimate of drug-likeness (QED) is 0.393. The third kappa shape index (κ3) is 5.35. The van der Waals surface area contributed by atoms with E-state index in [1.807, 2.05) is 0 Å². The van der Waals surface area contributed by atoms with Crippen molar-refractivity contribution in [1.82, 2.24) is 0 Å². The minimum absolute atomic E-state index is 0.0207. The lowest BCUT2D eigenvalue weighted by Crippen LogP contribution is -2.21. The molecule has 0 fully saturated rings. The lowest BCUT2D eigenvalue weighted by Gasteiger charge is -2.15. The molecule has 0 spiro atoms. The van der Waals surface area contributed by atoms with Crippen molar-refractivity contribution in [3.8, 4) is 11.5 Å². The summed E-state index contributed by atoms with van der Waals surface area (Å²) < 4.78 is 39.2. The van der Waals surface area contributed by atoms with Crippen molar-refractivity contribution in [2.24, 2.45) is 5.92 Å². The highest BCUT2D eigenvalue weighted by molar-refractivity contribution is 7.87. The molecule has 0 unspecified atom stereocenters. The van der Waals surface area contributed by atoms with Crippen molar-refractivity contribution in [2.75, 3.05) is 19.7 Å². The van der Waals surface area contributed by atoms with E-state index in [-0.39, 0.29) is 18.3 Å². The first-order valence-corrected chi connectivity index (χ1v) is 8.10. The van der Waals surface area contributed by atoms with Crippen LogP contribution in [0.5, 0.6) is 11.5 Å². The van der Waals surface area contributed by atoms with Gasteiger partial charge >= 0.3 is 10.1 Å². The van der Waals surface area contributed by atoms with Crippen LogP contribution in [-0.4, -0.2) is 34.4 Å². The summed E-state index contributed by atoms with van der Waals surface area (Å²) in [6.07, 6.45) is 1.06. The van der Waals surface area contributed by atoms with Crippen LogP contribution < -0.4 is 8.92 Å². The van der Waals surface area contributed by atoms with Crippen LogP contribution >= 0.6 is 0 Å². The van der Waals surface area contributed by atoms with Crippen LogP contribution in [0.25, 0.3) is 0 Å². The van der Waals surface area contributed by atoms with E-state index >= 15 is 0 Å². The van der Waals surface area contributed by atoms with Gasteiger partial charge in [-0.05, 0) is 25.0 Å². The van der Waals surface area contributed by atoms with E-state index < -0.39 is 16.0 Å². The molecule has 0 radical (unpaired) electrons. The van der Waals surface area contributed by atoms with E-state index in [9.17, 15) is 13.2 Å². The van der Waals surface area contributed by atoms with Gasteiger partial charge in [0.15, 0.2) is 18.3 Å². The van der Waals surface area contributed by atoms with Crippen molar-refractivity contribution < 1.29 is 26.9 Å². The van der Waals surface area contributed by atoms with Gasteiger partial charge in [-0.3, -0.25) is 0 Å². The summed E-state index contributed by atoms with van der Waals surface area (Å²) in [7, 11) is -2.41. The van der Waals surface area contributed by atoms with Gasteiger partial charge in [0.25, 0.3) is 0 Å². The molecule has 0 aromatic heterocycles. The fourth-order valence-corrected chi connectivity index (χ4v) is 2.99. The summed E-state index contributed by atoms with van der Waals surface area (Å²) >= 11 is 0. The van der Waals surface area contributed by atoms with E-state index in [2.05, 4.69) is 0 Å². The van der Waals surface area contributed by atoms with Crippen LogP contribution in [0.1, 0.15) is 18.9 Å². The van der Waals surface area contributed by atoms with Crippen LogP contribution in [0.2, 0.25) is 0 Å². The predicted molar refractivity (Wildman–Crippen MR) is 77.9 cm³/mol. The molecule has 1 aromatic carbocycles. The predicted octanol–water partition coefficient (Wildman–Crippen LogP) is 1.91. The molecule has 0 amide bonds. The molecule has 0 heterocycles. The molecule has 0 bridgehead atoms. The van der Waals surface area contributed by atoms with Gasteiger partial charge in [-0.1, -0.05) is 19.1 Å². The van der Waals surface area contributed by atoms with E-state index in [1.165, 1.54) is 13.2 Å². The van der Waals surface area contributed by atoms with Crippen LogP contribution in [-0.2, 0) is 19.6 Å². The topological polar surface area (TPSA) is 78.9 Å². The number of hydrogen-bond donors (Lipinski definition) is 0. The second-order valence-electron chi connectivity index (χ2n) is 4.57. The highest BCUT2D eigenvalue weighted by Gasteiger charge is 2.21. The second kappa shape index (κ2) is 7.99. The number of methoxy groups -OCH3 is 1. The molecule has 118 valence electrons. The molecule has 0 saturated heterocycles. The van der Waals surface area contributed by atoms with Gasteiger partial charge in [0.05, 0.1) is 5.75 Å². The molecule has 1 atom stereocenters. The molecule has 1 rings (SSSR count). The number of rotatable bonds is 9. The minimum atomic E-state index is -3.87. The standard InChI is InChI=1S/C14H20O6S/c1-4-12(8-15)9-21(16,17)20-13-7-5-6-11(2)14(13)19-10-18-3/h5-8,12H,4,9-10H2,1-3H3/t12-/m0/s1. The smallest absolute Gasteiger partial charge is 0.310 e. The third-order valence-corrected chi connectivity index (χ3v) is 4.12. The van der Waals surface area contributed by atoms with Crippen LogP contribution in [0, 0.1) is 12.8 Å². The van der Waals surface area contributed by atoms with Gasteiger partial charge in [-0.25, -0.2) is 0 Å². The first kappa shape index (κ1) is 17.5. The van der Waals surface area contributed by atoms with Crippen molar-refractivity contribution in [3.05, 3.63) is 23.8 Å². The summed E-state index contributed by atoms with van der Waals surface area (Å²) in [5, 5.41) is 0. The van der Waals surface area contributed by atoms with Gasteiger partial charge in [0.1, 0.15) is 6.29 Å². The molecule has 1 aromatic rings. The van der Waals surface area contributed by atoms with Gasteiger partial charge in [-0.15, -0.1) is 0 Å². The maximum Gasteiger partial charge on any atom is 0.310 e. The zero-order valence-corrected chi connectivity index (χ0v) is 13.2. The van der Waals surface area contributed by atoms with Crippen LogP contribution in [0.15, 0.2) is 18.2 Å². The Labute approximate surface area is 125 Å². The average molecular weight is 316 g/mol. The largest absolute Gasteiger partial charge is 0.463 e. The summed E-state index contributed by atoms with van der Waals surface area (Å²) in [5.74, 6) is -0.539. The lowest BCUT2D eigenvalue weighted by molar-refractivity contribution is -0.110. The number of aryl methyl sites for hydroxylation is 1. The number of aldehydes is 1. The number of carbonyl (C=O) groups excluding carboxylic acids is 1. The Morgan fingerprint density at radius 3 is 2.62 bits per heavy atom. The molecule has 21 heavy (non-hydrogen) atoms. The Bertz CT molecular complexity index is 567. The Kier molecular flexibility index (Phi) is 6.64. The normalized spacial score (nSPS) is 12.7. The fraction of sp³-hybridized carbons (Fsp3) is 0.500. The van der Waals surface area contributed by atoms with Gasteiger partial charge in [0, 0.05) is 13.0 Å². The second-order valence-corrected chi connectivity index (χ2v) is 6.18. The summed E-state index contributed by atoms with van der Waals surface area (Å²) in [4.78, 5) is 10.8. The number of carbonyl (C=O) groups is 1. The fourth-order valence-electron chi connectivity index (χ4n) is 1.68. The van der Waals surface area contributed by atoms with Crippen LogP contribution in [0.3, 0.4) is 0 Å². The highest BCUT2D eigenvalue weighted by Crippen LogP contribution is 2.32. The number of para-hydroxylation sites is 1. The molecule has 0 aliphatic carbocycles. The molecule has 0 aliphatic heterocycles. The van der Waals surface area contributed by atoms with Gasteiger partial charge in [-0.2, -0.15) is 8.42 Å². The number of hydrogen-bond acceptors (Lipinski definition) is 6. The summed E-state index contributed by atoms with van der Waals surface area (Å²) in [6.45, 7) is 3.49. The Hall–Kier alpha value is -1.60. The van der Waals surface area contributed by atoms with Gasteiger partial charge < -0.3 is 18.5 Å². The molecule has 0 saturated carbocycles.